The van der Waals surface area contributed by atoms with Gasteiger partial charge in [0.1, 0.15) is 5.58 Å². The van der Waals surface area contributed by atoms with Crippen LogP contribution in [0.25, 0.3) is 11.0 Å². The smallest absolute Gasteiger partial charge is 0.307 e. The van der Waals surface area contributed by atoms with E-state index in [4.69, 9.17) is 27.6 Å². The number of carbonyl (C=O) groups excluding carboxylic acids is 1. The van der Waals surface area contributed by atoms with Crippen LogP contribution in [0.15, 0.2) is 44.3 Å². The molecule has 2 N–H and O–H groups in total. The maximum absolute atomic E-state index is 12.2. The van der Waals surface area contributed by atoms with Gasteiger partial charge in [-0.05, 0) is 58.5 Å². The Kier molecular flexibility index (Phi) is 5.57. The Bertz CT molecular complexity index is 997. The van der Waals surface area contributed by atoms with Crippen molar-refractivity contribution in [1.29, 1.82) is 0 Å². The molecule has 1 amide bonds. The fourth-order valence-electron chi connectivity index (χ4n) is 2.07. The summed E-state index contributed by atoms with van der Waals surface area (Å²) >= 11 is 17.2. The van der Waals surface area contributed by atoms with Crippen molar-refractivity contribution in [2.24, 2.45) is 5.10 Å². The molecule has 9 heteroatoms. The Morgan fingerprint density at radius 3 is 2.60 bits per heavy atom. The van der Waals surface area contributed by atoms with E-state index in [9.17, 15) is 9.90 Å². The van der Waals surface area contributed by atoms with Gasteiger partial charge in [0.2, 0.25) is 0 Å². The molecule has 3 rings (SSSR count). The number of hydrogen-bond donors (Lipinski definition) is 2. The van der Waals surface area contributed by atoms with E-state index in [1.807, 2.05) is 12.1 Å². The topological polar surface area (TPSA) is 74.8 Å². The van der Waals surface area contributed by atoms with Gasteiger partial charge in [-0.2, -0.15) is 5.10 Å². The Hall–Kier alpha value is -1.29. The van der Waals surface area contributed by atoms with Crippen LogP contribution in [0.5, 0.6) is 5.75 Å². The number of phenols is 1. The third-order valence-corrected chi connectivity index (χ3v) is 5.01. The lowest BCUT2D eigenvalue weighted by Gasteiger charge is -2.01. The van der Waals surface area contributed by atoms with Crippen molar-refractivity contribution in [2.75, 3.05) is 0 Å². The summed E-state index contributed by atoms with van der Waals surface area (Å²) in [7, 11) is 0. The fourth-order valence-corrected chi connectivity index (χ4v) is 4.23. The largest absolute Gasteiger partial charge is 0.505 e. The summed E-state index contributed by atoms with van der Waals surface area (Å²) in [5, 5.41) is 14.4. The molecule has 5 nitrogen and oxygen atoms in total. The molecule has 3 aromatic rings. The van der Waals surface area contributed by atoms with Crippen molar-refractivity contribution in [1.82, 2.24) is 5.43 Å². The molecular weight excluding hydrogens is 546 g/mol. The highest BCUT2D eigenvalue weighted by molar-refractivity contribution is 14.1. The van der Waals surface area contributed by atoms with E-state index < -0.39 is 5.91 Å². The number of hydrazone groups is 1. The number of carbonyl (C=O) groups is 1. The summed E-state index contributed by atoms with van der Waals surface area (Å²) in [5.41, 5.74) is 3.53. The molecule has 0 aliphatic carbocycles. The molecule has 0 aliphatic heterocycles. The molecule has 0 atom stereocenters. The van der Waals surface area contributed by atoms with Crippen LogP contribution in [0.2, 0.25) is 10.0 Å². The quantitative estimate of drug-likeness (QED) is 0.253. The summed E-state index contributed by atoms with van der Waals surface area (Å²) in [6, 6.07) is 8.34. The summed E-state index contributed by atoms with van der Waals surface area (Å²) < 4.78 is 7.37. The van der Waals surface area contributed by atoms with Gasteiger partial charge in [-0.15, -0.1) is 0 Å². The number of furan rings is 1. The third-order valence-electron chi connectivity index (χ3n) is 3.18. The van der Waals surface area contributed by atoms with Crippen LogP contribution in [-0.2, 0) is 0 Å². The predicted octanol–water partition coefficient (Wildman–Crippen LogP) is 5.58. The number of aromatic hydroxyl groups is 1. The van der Waals surface area contributed by atoms with Crippen molar-refractivity contribution in [3.05, 3.63) is 59.7 Å². The Morgan fingerprint density at radius 2 is 1.92 bits per heavy atom. The van der Waals surface area contributed by atoms with Gasteiger partial charge in [-0.3, -0.25) is 4.79 Å². The zero-order valence-corrected chi connectivity index (χ0v) is 17.4. The molecule has 1 aromatic heterocycles. The minimum Gasteiger partial charge on any atom is -0.505 e. The number of fused-ring (bicyclic) bond motifs is 1. The molecule has 0 bridgehead atoms. The van der Waals surface area contributed by atoms with Crippen molar-refractivity contribution >= 4 is 84.8 Å². The third kappa shape index (κ3) is 4.11. The van der Waals surface area contributed by atoms with Gasteiger partial charge in [-0.25, -0.2) is 5.43 Å². The molecule has 0 saturated heterocycles. The van der Waals surface area contributed by atoms with E-state index in [-0.39, 0.29) is 21.6 Å². The Balaban J connectivity index is 1.78. The van der Waals surface area contributed by atoms with Crippen molar-refractivity contribution in [2.45, 2.75) is 0 Å². The van der Waals surface area contributed by atoms with E-state index in [1.165, 1.54) is 18.3 Å². The number of rotatable bonds is 3. The molecule has 0 unspecified atom stereocenters. The number of benzene rings is 2. The average Bonchev–Trinajstić information content (AvgIpc) is 2.96. The highest BCUT2D eigenvalue weighted by Gasteiger charge is 2.14. The van der Waals surface area contributed by atoms with Gasteiger partial charge in [0.15, 0.2) is 11.5 Å². The minimum atomic E-state index is -0.490. The lowest BCUT2D eigenvalue weighted by atomic mass is 10.2. The molecule has 1 heterocycles. The first kappa shape index (κ1) is 18.5. The summed E-state index contributed by atoms with van der Waals surface area (Å²) in [5.74, 6) is -0.548. The number of phenolic OH excluding ortho intramolecular Hbond substituents is 1. The minimum absolute atomic E-state index is 0.0951. The van der Waals surface area contributed by atoms with Crippen LogP contribution < -0.4 is 5.43 Å². The normalized spacial score (nSPS) is 11.4. The van der Waals surface area contributed by atoms with Gasteiger partial charge in [-0.1, -0.05) is 39.1 Å². The molecule has 2 aromatic carbocycles. The van der Waals surface area contributed by atoms with E-state index in [0.29, 0.717) is 11.1 Å². The Morgan fingerprint density at radius 1 is 1.24 bits per heavy atom. The molecular formula is C16H8BrCl2IN2O3. The summed E-state index contributed by atoms with van der Waals surface area (Å²) in [4.78, 5) is 12.2. The van der Waals surface area contributed by atoms with Crippen LogP contribution in [0.4, 0.5) is 0 Å². The van der Waals surface area contributed by atoms with E-state index in [1.54, 1.807) is 6.07 Å². The molecule has 0 fully saturated rings. The highest BCUT2D eigenvalue weighted by atomic mass is 127. The maximum atomic E-state index is 12.2. The molecule has 0 saturated carbocycles. The van der Waals surface area contributed by atoms with E-state index in [2.05, 4.69) is 49.0 Å². The zero-order chi connectivity index (χ0) is 18.1. The SMILES string of the molecule is O=C(N/N=C/c1cc(Cl)c(O)c(Cl)c1)c1cc2cc(Br)cc(I)c2o1. The van der Waals surface area contributed by atoms with Crippen LogP contribution >= 0.6 is 61.7 Å². The molecule has 0 radical (unpaired) electrons. The standard InChI is InChI=1S/C16H8BrCl2IN2O3/c17-9-3-8-4-13(25-15(8)12(20)5-9)16(24)22-21-6-7-1-10(18)14(23)11(19)2-7/h1-6,23H,(H,22,24)/b21-6+. The number of nitrogens with zero attached hydrogens (tertiary/aromatic N) is 1. The van der Waals surface area contributed by atoms with Crippen LogP contribution in [0.3, 0.4) is 0 Å². The zero-order valence-electron chi connectivity index (χ0n) is 12.2. The summed E-state index contributed by atoms with van der Waals surface area (Å²) in [6.07, 6.45) is 1.36. The van der Waals surface area contributed by atoms with Crippen molar-refractivity contribution in [3.8, 4) is 5.75 Å². The second kappa shape index (κ2) is 7.53. The molecule has 0 aliphatic rings. The summed E-state index contributed by atoms with van der Waals surface area (Å²) in [6.45, 7) is 0. The predicted molar refractivity (Wildman–Crippen MR) is 110 cm³/mol. The van der Waals surface area contributed by atoms with E-state index >= 15 is 0 Å². The fraction of sp³-hybridized carbons (Fsp3) is 0. The lowest BCUT2D eigenvalue weighted by molar-refractivity contribution is 0.0929. The van der Waals surface area contributed by atoms with Crippen LogP contribution in [-0.4, -0.2) is 17.2 Å². The average molecular weight is 554 g/mol. The number of hydrogen-bond acceptors (Lipinski definition) is 4. The molecule has 0 spiro atoms. The van der Waals surface area contributed by atoms with Gasteiger partial charge in [0, 0.05) is 9.86 Å². The van der Waals surface area contributed by atoms with Gasteiger partial charge < -0.3 is 9.52 Å². The Labute approximate surface area is 174 Å². The molecule has 25 heavy (non-hydrogen) atoms. The van der Waals surface area contributed by atoms with Gasteiger partial charge >= 0.3 is 5.91 Å². The van der Waals surface area contributed by atoms with Gasteiger partial charge in [0.25, 0.3) is 0 Å². The number of halogens is 4. The lowest BCUT2D eigenvalue weighted by Crippen LogP contribution is -2.16. The first-order valence-electron chi connectivity index (χ1n) is 6.75. The van der Waals surface area contributed by atoms with Crippen molar-refractivity contribution in [3.63, 3.8) is 0 Å². The second-order valence-corrected chi connectivity index (χ2v) is 7.84. The first-order valence-corrected chi connectivity index (χ1v) is 9.38. The second-order valence-electron chi connectivity index (χ2n) is 4.95. The number of amides is 1. The molecule has 128 valence electrons. The van der Waals surface area contributed by atoms with E-state index in [0.717, 1.165) is 13.4 Å². The van der Waals surface area contributed by atoms with Crippen LogP contribution in [0, 0.1) is 3.57 Å². The van der Waals surface area contributed by atoms with Crippen LogP contribution in [0.1, 0.15) is 16.1 Å². The highest BCUT2D eigenvalue weighted by Crippen LogP contribution is 2.32. The number of nitrogens with one attached hydrogen (secondary N) is 1. The van der Waals surface area contributed by atoms with Crippen molar-refractivity contribution < 1.29 is 14.3 Å². The van der Waals surface area contributed by atoms with Gasteiger partial charge in [0.05, 0.1) is 19.8 Å². The maximum Gasteiger partial charge on any atom is 0.307 e. The first-order chi connectivity index (χ1) is 11.8. The monoisotopic (exact) mass is 552 g/mol.